The van der Waals surface area contributed by atoms with Crippen molar-refractivity contribution in [1.82, 2.24) is 0 Å². The first kappa shape index (κ1) is 15.2. The third kappa shape index (κ3) is 3.45. The second-order valence-electron chi connectivity index (χ2n) is 5.96. The molecule has 1 fully saturated rings. The van der Waals surface area contributed by atoms with Gasteiger partial charge in [-0.1, -0.05) is 38.3 Å². The number of hydrogen-bond donors (Lipinski definition) is 1. The van der Waals surface area contributed by atoms with Gasteiger partial charge in [0, 0.05) is 12.6 Å². The Labute approximate surface area is 125 Å². The molecular formula is C16H22ClNO2. The lowest BCUT2D eigenvalue weighted by Crippen LogP contribution is -2.36. The second-order valence-corrected chi connectivity index (χ2v) is 6.36. The van der Waals surface area contributed by atoms with Crippen molar-refractivity contribution in [2.24, 2.45) is 5.92 Å². The Hall–Kier alpha value is -1.22. The molecule has 110 valence electrons. The summed E-state index contributed by atoms with van der Waals surface area (Å²) in [6.45, 7) is 5.35. The molecular weight excluding hydrogens is 274 g/mol. The van der Waals surface area contributed by atoms with Gasteiger partial charge in [0.05, 0.1) is 16.3 Å². The molecule has 2 rings (SSSR count). The van der Waals surface area contributed by atoms with Crippen molar-refractivity contribution >= 4 is 23.3 Å². The lowest BCUT2D eigenvalue weighted by atomic mass is 10.1. The quantitative estimate of drug-likeness (QED) is 0.873. The number of carbonyl (C=O) groups is 1. The molecule has 1 aromatic rings. The maximum absolute atomic E-state index is 11.0. The average molecular weight is 296 g/mol. The van der Waals surface area contributed by atoms with E-state index in [1.165, 1.54) is 25.7 Å². The molecule has 0 aromatic heterocycles. The summed E-state index contributed by atoms with van der Waals surface area (Å²) in [6, 6.07) is 5.59. The molecule has 0 atom stereocenters. The summed E-state index contributed by atoms with van der Waals surface area (Å²) in [5.74, 6) is -0.388. The first-order chi connectivity index (χ1) is 9.49. The molecule has 0 bridgehead atoms. The van der Waals surface area contributed by atoms with Crippen LogP contribution in [0.4, 0.5) is 5.69 Å². The van der Waals surface area contributed by atoms with Crippen molar-refractivity contribution < 1.29 is 9.90 Å². The molecule has 0 heterocycles. The maximum Gasteiger partial charge on any atom is 0.335 e. The Morgan fingerprint density at radius 1 is 1.40 bits per heavy atom. The molecule has 0 spiro atoms. The summed E-state index contributed by atoms with van der Waals surface area (Å²) in [7, 11) is 0. The summed E-state index contributed by atoms with van der Waals surface area (Å²) in [4.78, 5) is 13.4. The summed E-state index contributed by atoms with van der Waals surface area (Å²) in [6.07, 6.45) is 4.93. The van der Waals surface area contributed by atoms with Crippen LogP contribution in [0.5, 0.6) is 0 Å². The van der Waals surface area contributed by atoms with Gasteiger partial charge in [-0.3, -0.25) is 0 Å². The van der Waals surface area contributed by atoms with E-state index in [0.29, 0.717) is 17.0 Å². The van der Waals surface area contributed by atoms with Crippen molar-refractivity contribution in [1.29, 1.82) is 0 Å². The number of benzene rings is 1. The fraction of sp³-hybridized carbons (Fsp3) is 0.562. The fourth-order valence-corrected chi connectivity index (χ4v) is 3.22. The highest BCUT2D eigenvalue weighted by atomic mass is 35.5. The standard InChI is InChI=1S/C16H22ClNO2/c1-11(2)10-18(13-5-3-4-6-13)15-8-7-12(16(19)20)9-14(15)17/h7-9,11,13H,3-6,10H2,1-2H3,(H,19,20). The van der Waals surface area contributed by atoms with Gasteiger partial charge in [0.1, 0.15) is 0 Å². The molecule has 20 heavy (non-hydrogen) atoms. The van der Waals surface area contributed by atoms with Crippen LogP contribution in [0.3, 0.4) is 0 Å². The van der Waals surface area contributed by atoms with E-state index in [1.807, 2.05) is 6.07 Å². The third-order valence-corrected chi connectivity index (χ3v) is 4.13. The number of aromatic carboxylic acids is 1. The van der Waals surface area contributed by atoms with Crippen LogP contribution in [0.15, 0.2) is 18.2 Å². The third-order valence-electron chi connectivity index (χ3n) is 3.83. The summed E-state index contributed by atoms with van der Waals surface area (Å²) >= 11 is 6.33. The second kappa shape index (κ2) is 6.49. The Kier molecular flexibility index (Phi) is 4.92. The molecule has 1 N–H and O–H groups in total. The van der Waals surface area contributed by atoms with Gasteiger partial charge in [-0.05, 0) is 37.0 Å². The van der Waals surface area contributed by atoms with E-state index in [0.717, 1.165) is 12.2 Å². The lowest BCUT2D eigenvalue weighted by Gasteiger charge is -2.33. The Morgan fingerprint density at radius 2 is 2.05 bits per heavy atom. The van der Waals surface area contributed by atoms with Crippen molar-refractivity contribution in [2.45, 2.75) is 45.6 Å². The monoisotopic (exact) mass is 295 g/mol. The zero-order chi connectivity index (χ0) is 14.7. The smallest absolute Gasteiger partial charge is 0.335 e. The van der Waals surface area contributed by atoms with E-state index >= 15 is 0 Å². The van der Waals surface area contributed by atoms with Crippen LogP contribution in [0.2, 0.25) is 5.02 Å². The molecule has 1 saturated carbocycles. The Bertz CT molecular complexity index is 481. The number of hydrogen-bond acceptors (Lipinski definition) is 2. The Balaban J connectivity index is 2.30. The molecule has 4 heteroatoms. The van der Waals surface area contributed by atoms with Crippen LogP contribution in [0.1, 0.15) is 49.9 Å². The van der Waals surface area contributed by atoms with E-state index in [-0.39, 0.29) is 5.56 Å². The normalized spacial score (nSPS) is 15.8. The average Bonchev–Trinajstić information content (AvgIpc) is 2.89. The predicted molar refractivity (Wildman–Crippen MR) is 82.9 cm³/mol. The van der Waals surface area contributed by atoms with Crippen LogP contribution in [-0.2, 0) is 0 Å². The predicted octanol–water partition coefficient (Wildman–Crippen LogP) is 4.44. The summed E-state index contributed by atoms with van der Waals surface area (Å²) < 4.78 is 0. The minimum Gasteiger partial charge on any atom is -0.478 e. The van der Waals surface area contributed by atoms with Gasteiger partial charge in [-0.2, -0.15) is 0 Å². The van der Waals surface area contributed by atoms with Crippen molar-refractivity contribution in [3.8, 4) is 0 Å². The number of nitrogens with zero attached hydrogens (tertiary/aromatic N) is 1. The first-order valence-electron chi connectivity index (χ1n) is 7.28. The highest BCUT2D eigenvalue weighted by molar-refractivity contribution is 6.33. The van der Waals surface area contributed by atoms with Crippen molar-refractivity contribution in [2.75, 3.05) is 11.4 Å². The molecule has 0 saturated heterocycles. The van der Waals surface area contributed by atoms with Gasteiger partial charge in [-0.15, -0.1) is 0 Å². The molecule has 0 radical (unpaired) electrons. The number of halogens is 1. The zero-order valence-corrected chi connectivity index (χ0v) is 12.9. The number of anilines is 1. The Morgan fingerprint density at radius 3 is 2.55 bits per heavy atom. The molecule has 1 aromatic carbocycles. The van der Waals surface area contributed by atoms with Gasteiger partial charge in [0.2, 0.25) is 0 Å². The van der Waals surface area contributed by atoms with Gasteiger partial charge in [0.25, 0.3) is 0 Å². The van der Waals surface area contributed by atoms with Gasteiger partial charge in [-0.25, -0.2) is 4.79 Å². The molecule has 0 unspecified atom stereocenters. The van der Waals surface area contributed by atoms with E-state index < -0.39 is 5.97 Å². The van der Waals surface area contributed by atoms with E-state index in [4.69, 9.17) is 16.7 Å². The number of rotatable bonds is 5. The number of carboxylic acid groups (broad SMARTS) is 1. The van der Waals surface area contributed by atoms with Crippen molar-refractivity contribution in [3.63, 3.8) is 0 Å². The minimum atomic E-state index is -0.935. The van der Waals surface area contributed by atoms with Gasteiger partial charge >= 0.3 is 5.97 Å². The zero-order valence-electron chi connectivity index (χ0n) is 12.1. The molecule has 0 aliphatic heterocycles. The highest BCUT2D eigenvalue weighted by Gasteiger charge is 2.25. The lowest BCUT2D eigenvalue weighted by molar-refractivity contribution is 0.0697. The SMILES string of the molecule is CC(C)CN(c1ccc(C(=O)O)cc1Cl)C1CCCC1. The topological polar surface area (TPSA) is 40.5 Å². The summed E-state index contributed by atoms with van der Waals surface area (Å²) in [5, 5.41) is 9.56. The number of carboxylic acids is 1. The highest BCUT2D eigenvalue weighted by Crippen LogP contribution is 2.34. The molecule has 3 nitrogen and oxygen atoms in total. The fourth-order valence-electron chi connectivity index (χ4n) is 2.93. The van der Waals surface area contributed by atoms with Crippen LogP contribution in [0.25, 0.3) is 0 Å². The molecule has 1 aliphatic rings. The van der Waals surface area contributed by atoms with Gasteiger partial charge in [0.15, 0.2) is 0 Å². The van der Waals surface area contributed by atoms with E-state index in [9.17, 15) is 4.79 Å². The first-order valence-corrected chi connectivity index (χ1v) is 7.66. The molecule has 1 aliphatic carbocycles. The van der Waals surface area contributed by atoms with E-state index in [2.05, 4.69) is 18.7 Å². The largest absolute Gasteiger partial charge is 0.478 e. The molecule has 0 amide bonds. The van der Waals surface area contributed by atoms with E-state index in [1.54, 1.807) is 12.1 Å². The van der Waals surface area contributed by atoms with Crippen LogP contribution in [0, 0.1) is 5.92 Å². The van der Waals surface area contributed by atoms with Crippen LogP contribution < -0.4 is 4.90 Å². The van der Waals surface area contributed by atoms with Crippen LogP contribution >= 0.6 is 11.6 Å². The van der Waals surface area contributed by atoms with Gasteiger partial charge < -0.3 is 10.0 Å². The van der Waals surface area contributed by atoms with Crippen LogP contribution in [-0.4, -0.2) is 23.7 Å². The summed E-state index contributed by atoms with van der Waals surface area (Å²) in [5.41, 5.74) is 1.21. The van der Waals surface area contributed by atoms with Crippen molar-refractivity contribution in [3.05, 3.63) is 28.8 Å². The minimum absolute atomic E-state index is 0.245. The maximum atomic E-state index is 11.0.